The van der Waals surface area contributed by atoms with Gasteiger partial charge in [-0.3, -0.25) is 0 Å². The van der Waals surface area contributed by atoms with Crippen LogP contribution in [0.1, 0.15) is 84.0 Å². The number of hydrogen-bond acceptors (Lipinski definition) is 4. The molecular weight excluding hydrogens is 278 g/mol. The zero-order chi connectivity index (χ0) is 16.5. The third kappa shape index (κ3) is 13.5. The summed E-state index contributed by atoms with van der Waals surface area (Å²) >= 11 is 0. The molecule has 0 atom stereocenters. The van der Waals surface area contributed by atoms with Crippen LogP contribution in [0.2, 0.25) is 0 Å². The lowest BCUT2D eigenvalue weighted by Gasteiger charge is -2.28. The highest BCUT2D eigenvalue weighted by Crippen LogP contribution is 2.18. The fourth-order valence-electron chi connectivity index (χ4n) is 2.79. The summed E-state index contributed by atoms with van der Waals surface area (Å²) in [5.74, 6) is 0. The summed E-state index contributed by atoms with van der Waals surface area (Å²) in [4.78, 5) is 0. The van der Waals surface area contributed by atoms with E-state index in [4.69, 9.17) is 20.7 Å². The lowest BCUT2D eigenvalue weighted by atomic mass is 9.88. The molecule has 0 rings (SSSR count). The maximum absolute atomic E-state index is 9.03. The Morgan fingerprint density at radius 2 is 1.23 bits per heavy atom. The highest BCUT2D eigenvalue weighted by molar-refractivity contribution is 4.83. The molecule has 0 aromatic carbocycles. The lowest BCUT2D eigenvalue weighted by Crippen LogP contribution is -2.41. The molecule has 0 spiro atoms. The van der Waals surface area contributed by atoms with Crippen LogP contribution in [0.4, 0.5) is 0 Å². The average molecular weight is 318 g/mol. The summed E-state index contributed by atoms with van der Waals surface area (Å²) in [5, 5.41) is 18.1. The van der Waals surface area contributed by atoms with E-state index in [0.717, 1.165) is 32.5 Å². The van der Waals surface area contributed by atoms with Gasteiger partial charge in [-0.1, -0.05) is 51.9 Å². The highest BCUT2D eigenvalue weighted by Gasteiger charge is 2.22. The van der Waals surface area contributed by atoms with Crippen molar-refractivity contribution in [3.63, 3.8) is 0 Å². The van der Waals surface area contributed by atoms with E-state index < -0.39 is 5.54 Å². The van der Waals surface area contributed by atoms with Crippen molar-refractivity contribution < 1.29 is 14.9 Å². The van der Waals surface area contributed by atoms with Gasteiger partial charge in [0.05, 0.1) is 0 Å². The van der Waals surface area contributed by atoms with Crippen molar-refractivity contribution in [3.05, 3.63) is 0 Å². The minimum Gasteiger partial charge on any atom is -0.396 e. The van der Waals surface area contributed by atoms with Crippen LogP contribution in [-0.4, -0.2) is 42.2 Å². The molecular formula is C18H39NO3. The van der Waals surface area contributed by atoms with E-state index in [-0.39, 0.29) is 13.2 Å². The Labute approximate surface area is 137 Å². The van der Waals surface area contributed by atoms with Gasteiger partial charge in [0.1, 0.15) is 0 Å². The Morgan fingerprint density at radius 1 is 0.727 bits per heavy atom. The molecule has 0 aromatic rings. The maximum Gasteiger partial charge on any atom is 0.0466 e. The Balaban J connectivity index is 3.34. The van der Waals surface area contributed by atoms with E-state index >= 15 is 0 Å². The van der Waals surface area contributed by atoms with Gasteiger partial charge in [-0.2, -0.15) is 0 Å². The average Bonchev–Trinajstić information content (AvgIpc) is 2.49. The Kier molecular flexibility index (Phi) is 15.6. The smallest absolute Gasteiger partial charge is 0.0466 e. The number of nitrogens with two attached hydrogens (primary N) is 1. The van der Waals surface area contributed by atoms with E-state index in [2.05, 4.69) is 6.92 Å². The van der Waals surface area contributed by atoms with Crippen LogP contribution < -0.4 is 5.73 Å². The monoisotopic (exact) mass is 317 g/mol. The van der Waals surface area contributed by atoms with Crippen molar-refractivity contribution in [2.24, 2.45) is 5.73 Å². The number of aliphatic hydroxyl groups excluding tert-OH is 2. The topological polar surface area (TPSA) is 75.7 Å². The van der Waals surface area contributed by atoms with E-state index in [1.807, 2.05) is 0 Å². The fourth-order valence-corrected chi connectivity index (χ4v) is 2.79. The van der Waals surface area contributed by atoms with E-state index in [1.165, 1.54) is 44.9 Å². The quantitative estimate of drug-likeness (QED) is 0.359. The first kappa shape index (κ1) is 21.8. The first-order valence-corrected chi connectivity index (χ1v) is 9.27. The summed E-state index contributed by atoms with van der Waals surface area (Å²) in [5.41, 5.74) is 5.73. The summed E-state index contributed by atoms with van der Waals surface area (Å²) in [6.07, 6.45) is 13.3. The minimum atomic E-state index is -0.439. The number of aliphatic hydroxyl groups is 2. The lowest BCUT2D eigenvalue weighted by molar-refractivity contribution is 0.113. The standard InChI is InChI=1S/C18H39NO3/c1-2-3-4-5-6-7-8-9-16-22-17-10-11-18(19,12-14-20)13-15-21/h20-21H,2-17,19H2,1H3. The molecule has 22 heavy (non-hydrogen) atoms. The zero-order valence-electron chi connectivity index (χ0n) is 14.7. The van der Waals surface area contributed by atoms with E-state index in [9.17, 15) is 0 Å². The molecule has 4 nitrogen and oxygen atoms in total. The van der Waals surface area contributed by atoms with E-state index in [1.54, 1.807) is 0 Å². The van der Waals surface area contributed by atoms with Crippen LogP contribution in [0.25, 0.3) is 0 Å². The third-order valence-electron chi connectivity index (χ3n) is 4.32. The molecule has 134 valence electrons. The van der Waals surface area contributed by atoms with Gasteiger partial charge in [-0.25, -0.2) is 0 Å². The minimum absolute atomic E-state index is 0.0790. The van der Waals surface area contributed by atoms with Gasteiger partial charge in [0.15, 0.2) is 0 Å². The second-order valence-electron chi connectivity index (χ2n) is 6.50. The molecule has 0 unspecified atom stereocenters. The summed E-state index contributed by atoms with van der Waals surface area (Å²) < 4.78 is 5.65. The van der Waals surface area contributed by atoms with Crippen LogP contribution in [-0.2, 0) is 4.74 Å². The number of ether oxygens (including phenoxy) is 1. The fraction of sp³-hybridized carbons (Fsp3) is 1.00. The SMILES string of the molecule is CCCCCCCCCCOCCCC(N)(CCO)CCO. The van der Waals surface area contributed by atoms with Crippen molar-refractivity contribution in [1.29, 1.82) is 0 Å². The Bertz CT molecular complexity index is 218. The van der Waals surface area contributed by atoms with Gasteiger partial charge < -0.3 is 20.7 Å². The molecule has 0 radical (unpaired) electrons. The highest BCUT2D eigenvalue weighted by atomic mass is 16.5. The molecule has 0 bridgehead atoms. The summed E-state index contributed by atoms with van der Waals surface area (Å²) in [6, 6.07) is 0. The molecule has 0 saturated carbocycles. The van der Waals surface area contributed by atoms with Crippen molar-refractivity contribution in [2.75, 3.05) is 26.4 Å². The first-order valence-electron chi connectivity index (χ1n) is 9.27. The predicted octanol–water partition coefficient (Wildman–Crippen LogP) is 3.39. The van der Waals surface area contributed by atoms with Crippen LogP contribution in [0, 0.1) is 0 Å². The van der Waals surface area contributed by atoms with Crippen LogP contribution >= 0.6 is 0 Å². The van der Waals surface area contributed by atoms with Crippen molar-refractivity contribution in [1.82, 2.24) is 0 Å². The molecule has 0 amide bonds. The predicted molar refractivity (Wildman–Crippen MR) is 93.0 cm³/mol. The first-order chi connectivity index (χ1) is 10.7. The number of rotatable bonds is 17. The molecule has 0 aromatic heterocycles. The van der Waals surface area contributed by atoms with Gasteiger partial charge in [0.2, 0.25) is 0 Å². The maximum atomic E-state index is 9.03. The largest absolute Gasteiger partial charge is 0.396 e. The Hall–Kier alpha value is -0.160. The van der Waals surface area contributed by atoms with E-state index in [0.29, 0.717) is 12.8 Å². The van der Waals surface area contributed by atoms with Crippen molar-refractivity contribution in [2.45, 2.75) is 89.5 Å². The van der Waals surface area contributed by atoms with Gasteiger partial charge >= 0.3 is 0 Å². The molecule has 0 saturated heterocycles. The van der Waals surface area contributed by atoms with Crippen molar-refractivity contribution >= 4 is 0 Å². The second kappa shape index (κ2) is 15.7. The van der Waals surface area contributed by atoms with Crippen molar-refractivity contribution in [3.8, 4) is 0 Å². The van der Waals surface area contributed by atoms with Crippen LogP contribution in [0.15, 0.2) is 0 Å². The second-order valence-corrected chi connectivity index (χ2v) is 6.50. The molecule has 0 fully saturated rings. The van der Waals surface area contributed by atoms with Gasteiger partial charge in [-0.05, 0) is 32.1 Å². The molecule has 0 aliphatic carbocycles. The van der Waals surface area contributed by atoms with Gasteiger partial charge in [-0.15, -0.1) is 0 Å². The number of hydrogen-bond donors (Lipinski definition) is 3. The molecule has 4 N–H and O–H groups in total. The number of unbranched alkanes of at least 4 members (excludes halogenated alkanes) is 7. The molecule has 0 aliphatic heterocycles. The Morgan fingerprint density at radius 3 is 1.77 bits per heavy atom. The van der Waals surface area contributed by atoms with Gasteiger partial charge in [0.25, 0.3) is 0 Å². The van der Waals surface area contributed by atoms with Crippen LogP contribution in [0.3, 0.4) is 0 Å². The zero-order valence-corrected chi connectivity index (χ0v) is 14.7. The molecule has 4 heteroatoms. The van der Waals surface area contributed by atoms with Crippen LogP contribution in [0.5, 0.6) is 0 Å². The van der Waals surface area contributed by atoms with Gasteiger partial charge in [0, 0.05) is 32.0 Å². The normalized spacial score (nSPS) is 12.0. The molecule has 0 aliphatic rings. The summed E-state index contributed by atoms with van der Waals surface area (Å²) in [7, 11) is 0. The third-order valence-corrected chi connectivity index (χ3v) is 4.32. The molecule has 0 heterocycles. The summed E-state index contributed by atoms with van der Waals surface area (Å²) in [6.45, 7) is 3.98.